The zero-order chi connectivity index (χ0) is 20.2. The number of benzene rings is 2. The average molecular weight is 387 g/mol. The summed E-state index contributed by atoms with van der Waals surface area (Å²) in [7, 11) is 0. The predicted molar refractivity (Wildman–Crippen MR) is 112 cm³/mol. The number of fused-ring (bicyclic) bond motifs is 1. The van der Waals surface area contributed by atoms with Crippen LogP contribution in [0.4, 0.5) is 17.1 Å². The molecule has 1 aliphatic heterocycles. The van der Waals surface area contributed by atoms with Crippen molar-refractivity contribution in [3.05, 3.63) is 83.7 Å². The van der Waals surface area contributed by atoms with Crippen LogP contribution in [0.2, 0.25) is 0 Å². The summed E-state index contributed by atoms with van der Waals surface area (Å²) in [6.07, 6.45) is 2.72. The van der Waals surface area contributed by atoms with Crippen molar-refractivity contribution >= 4 is 28.9 Å². The number of hydrogen-bond donors (Lipinski definition) is 1. The minimum Gasteiger partial charge on any atom is -0.462 e. The largest absolute Gasteiger partial charge is 0.462 e. The molecule has 1 N–H and O–H groups in total. The van der Waals surface area contributed by atoms with Gasteiger partial charge in [0.2, 0.25) is 0 Å². The molecule has 1 aliphatic rings. The molecule has 0 saturated carbocycles. The van der Waals surface area contributed by atoms with Crippen molar-refractivity contribution in [3.8, 4) is 0 Å². The summed E-state index contributed by atoms with van der Waals surface area (Å²) >= 11 is 0. The average Bonchev–Trinajstić information content (AvgIpc) is 3.19. The molecule has 2 aromatic carbocycles. The molecule has 6 nitrogen and oxygen atoms in total. The number of anilines is 3. The molecule has 0 spiro atoms. The molecule has 0 bridgehead atoms. The molecule has 2 heterocycles. The zero-order valence-electron chi connectivity index (χ0n) is 16.1. The van der Waals surface area contributed by atoms with Crippen LogP contribution in [0, 0.1) is 0 Å². The molecule has 0 saturated heterocycles. The van der Waals surface area contributed by atoms with E-state index in [1.54, 1.807) is 43.5 Å². The van der Waals surface area contributed by atoms with Crippen molar-refractivity contribution in [3.63, 3.8) is 0 Å². The number of para-hydroxylation sites is 1. The highest BCUT2D eigenvalue weighted by Gasteiger charge is 2.20. The van der Waals surface area contributed by atoms with Crippen molar-refractivity contribution in [1.82, 2.24) is 4.98 Å². The summed E-state index contributed by atoms with van der Waals surface area (Å²) in [5.74, 6) is -0.687. The highest BCUT2D eigenvalue weighted by molar-refractivity contribution is 6.03. The Kier molecular flexibility index (Phi) is 5.24. The molecule has 0 aliphatic carbocycles. The van der Waals surface area contributed by atoms with Crippen LogP contribution in [0.1, 0.15) is 33.3 Å². The monoisotopic (exact) mass is 387 g/mol. The van der Waals surface area contributed by atoms with Gasteiger partial charge in [-0.3, -0.25) is 4.79 Å². The number of hydrogen-bond acceptors (Lipinski definition) is 5. The highest BCUT2D eigenvalue weighted by atomic mass is 16.5. The molecular formula is C23H21N3O3. The van der Waals surface area contributed by atoms with Crippen LogP contribution in [-0.4, -0.2) is 30.0 Å². The molecule has 0 atom stereocenters. The number of nitrogens with zero attached hydrogens (tertiary/aromatic N) is 2. The van der Waals surface area contributed by atoms with E-state index in [0.717, 1.165) is 18.7 Å². The first-order chi connectivity index (χ1) is 14.2. The molecule has 0 unspecified atom stereocenters. The minimum atomic E-state index is -0.383. The molecule has 0 radical (unpaired) electrons. The van der Waals surface area contributed by atoms with Crippen LogP contribution < -0.4 is 10.2 Å². The Morgan fingerprint density at radius 1 is 1.07 bits per heavy atom. The number of amides is 1. The number of rotatable bonds is 5. The van der Waals surface area contributed by atoms with E-state index in [2.05, 4.69) is 27.3 Å². The van der Waals surface area contributed by atoms with Gasteiger partial charge in [-0.05, 0) is 61.4 Å². The molecule has 4 rings (SSSR count). The van der Waals surface area contributed by atoms with E-state index in [4.69, 9.17) is 4.74 Å². The van der Waals surface area contributed by atoms with Crippen molar-refractivity contribution in [2.75, 3.05) is 23.4 Å². The SMILES string of the molecule is CCOC(=O)c1ccc(NC(=O)c2ccc(N3CCc4ccccc43)cn2)cc1. The topological polar surface area (TPSA) is 71.5 Å². The van der Waals surface area contributed by atoms with E-state index in [-0.39, 0.29) is 11.9 Å². The van der Waals surface area contributed by atoms with Gasteiger partial charge in [-0.1, -0.05) is 18.2 Å². The van der Waals surface area contributed by atoms with E-state index in [1.807, 2.05) is 18.2 Å². The summed E-state index contributed by atoms with van der Waals surface area (Å²) in [6, 6.07) is 18.5. The minimum absolute atomic E-state index is 0.303. The Hall–Kier alpha value is -3.67. The summed E-state index contributed by atoms with van der Waals surface area (Å²) in [5.41, 5.74) is 4.83. The van der Waals surface area contributed by atoms with Crippen LogP contribution >= 0.6 is 0 Å². The quantitative estimate of drug-likeness (QED) is 0.664. The number of carbonyl (C=O) groups excluding carboxylic acids is 2. The van der Waals surface area contributed by atoms with E-state index in [9.17, 15) is 9.59 Å². The van der Waals surface area contributed by atoms with Gasteiger partial charge in [0.25, 0.3) is 5.91 Å². The number of carbonyl (C=O) groups is 2. The van der Waals surface area contributed by atoms with Crippen molar-refractivity contribution in [2.45, 2.75) is 13.3 Å². The predicted octanol–water partition coefficient (Wildman–Crippen LogP) is 4.20. The number of aromatic nitrogens is 1. The lowest BCUT2D eigenvalue weighted by molar-refractivity contribution is 0.0526. The Balaban J connectivity index is 1.43. The molecule has 6 heteroatoms. The fourth-order valence-electron chi connectivity index (χ4n) is 3.39. The standard InChI is InChI=1S/C23H21N3O3/c1-2-29-23(28)17-7-9-18(10-8-17)25-22(27)20-12-11-19(15-24-20)26-14-13-16-5-3-4-6-21(16)26/h3-12,15H,2,13-14H2,1H3,(H,25,27). The van der Waals surface area contributed by atoms with Gasteiger partial charge in [0.05, 0.1) is 24.1 Å². The van der Waals surface area contributed by atoms with Gasteiger partial charge in [-0.15, -0.1) is 0 Å². The van der Waals surface area contributed by atoms with Crippen LogP contribution in [-0.2, 0) is 11.2 Å². The summed E-state index contributed by atoms with van der Waals surface area (Å²) in [6.45, 7) is 2.98. The van der Waals surface area contributed by atoms with Gasteiger partial charge >= 0.3 is 5.97 Å². The number of pyridine rings is 1. The van der Waals surface area contributed by atoms with E-state index < -0.39 is 0 Å². The first-order valence-corrected chi connectivity index (χ1v) is 9.56. The molecule has 3 aromatic rings. The summed E-state index contributed by atoms with van der Waals surface area (Å²) < 4.78 is 4.95. The molecule has 29 heavy (non-hydrogen) atoms. The lowest BCUT2D eigenvalue weighted by atomic mass is 10.2. The van der Waals surface area contributed by atoms with E-state index >= 15 is 0 Å². The zero-order valence-corrected chi connectivity index (χ0v) is 16.1. The maximum absolute atomic E-state index is 12.5. The van der Waals surface area contributed by atoms with E-state index in [1.165, 1.54) is 11.3 Å². The van der Waals surface area contributed by atoms with Gasteiger partial charge in [0.15, 0.2) is 0 Å². The lowest BCUT2D eigenvalue weighted by Crippen LogP contribution is -2.16. The van der Waals surface area contributed by atoms with Gasteiger partial charge in [0, 0.05) is 17.9 Å². The van der Waals surface area contributed by atoms with Crippen LogP contribution in [0.5, 0.6) is 0 Å². The van der Waals surface area contributed by atoms with Crippen molar-refractivity contribution in [1.29, 1.82) is 0 Å². The van der Waals surface area contributed by atoms with Crippen LogP contribution in [0.3, 0.4) is 0 Å². The maximum atomic E-state index is 12.5. The van der Waals surface area contributed by atoms with Crippen LogP contribution in [0.25, 0.3) is 0 Å². The third kappa shape index (κ3) is 3.96. The smallest absolute Gasteiger partial charge is 0.338 e. The normalized spacial score (nSPS) is 12.4. The summed E-state index contributed by atoms with van der Waals surface area (Å²) in [4.78, 5) is 30.7. The van der Waals surface area contributed by atoms with Gasteiger partial charge in [-0.25, -0.2) is 9.78 Å². The third-order valence-electron chi connectivity index (χ3n) is 4.83. The molecule has 146 valence electrons. The van der Waals surface area contributed by atoms with Crippen LogP contribution in [0.15, 0.2) is 66.9 Å². The Morgan fingerprint density at radius 3 is 2.59 bits per heavy atom. The lowest BCUT2D eigenvalue weighted by Gasteiger charge is -2.19. The van der Waals surface area contributed by atoms with Gasteiger partial charge in [-0.2, -0.15) is 0 Å². The van der Waals surface area contributed by atoms with Gasteiger partial charge in [0.1, 0.15) is 5.69 Å². The third-order valence-corrected chi connectivity index (χ3v) is 4.83. The molecular weight excluding hydrogens is 366 g/mol. The second-order valence-electron chi connectivity index (χ2n) is 6.68. The Morgan fingerprint density at radius 2 is 1.86 bits per heavy atom. The Bertz CT molecular complexity index is 1030. The first kappa shape index (κ1) is 18.7. The maximum Gasteiger partial charge on any atom is 0.338 e. The van der Waals surface area contributed by atoms with E-state index in [0.29, 0.717) is 23.6 Å². The fourth-order valence-corrected chi connectivity index (χ4v) is 3.39. The highest BCUT2D eigenvalue weighted by Crippen LogP contribution is 2.33. The fraction of sp³-hybridized carbons (Fsp3) is 0.174. The summed E-state index contributed by atoms with van der Waals surface area (Å²) in [5, 5.41) is 2.79. The second-order valence-corrected chi connectivity index (χ2v) is 6.68. The number of ether oxygens (including phenoxy) is 1. The van der Waals surface area contributed by atoms with Crippen molar-refractivity contribution in [2.24, 2.45) is 0 Å². The number of esters is 1. The van der Waals surface area contributed by atoms with Crippen molar-refractivity contribution < 1.29 is 14.3 Å². The molecule has 1 amide bonds. The number of nitrogens with one attached hydrogen (secondary N) is 1. The Labute approximate surface area is 169 Å². The second kappa shape index (κ2) is 8.14. The first-order valence-electron chi connectivity index (χ1n) is 9.56. The molecule has 1 aromatic heterocycles. The van der Waals surface area contributed by atoms with Gasteiger partial charge < -0.3 is 15.0 Å². The molecule has 0 fully saturated rings.